The number of aryl methyl sites for hydroxylation is 2. The van der Waals surface area contributed by atoms with Gasteiger partial charge in [-0.05, 0) is 49.7 Å². The minimum atomic E-state index is -3.95. The highest BCUT2D eigenvalue weighted by molar-refractivity contribution is 7.92. The van der Waals surface area contributed by atoms with E-state index in [1.165, 1.54) is 18.5 Å². The van der Waals surface area contributed by atoms with E-state index in [0.717, 1.165) is 15.4 Å². The third kappa shape index (κ3) is 4.37. The Morgan fingerprint density at radius 2 is 1.71 bits per heavy atom. The summed E-state index contributed by atoms with van der Waals surface area (Å²) in [6.07, 6.45) is 2.77. The zero-order valence-corrected chi connectivity index (χ0v) is 16.5. The van der Waals surface area contributed by atoms with Gasteiger partial charge in [0.25, 0.3) is 10.0 Å². The van der Waals surface area contributed by atoms with Crippen molar-refractivity contribution in [1.82, 2.24) is 4.98 Å². The van der Waals surface area contributed by atoms with Crippen LogP contribution >= 0.6 is 0 Å². The second kappa shape index (κ2) is 8.22. The number of para-hydroxylation sites is 1. The molecule has 1 N–H and O–H groups in total. The van der Waals surface area contributed by atoms with Crippen LogP contribution < -0.4 is 9.62 Å². The number of aromatic nitrogens is 1. The number of nitrogens with one attached hydrogen (secondary N) is 1. The fraction of sp³-hybridized carbons (Fsp3) is 0.143. The minimum Gasteiger partial charge on any atom is -0.324 e. The predicted octanol–water partition coefficient (Wildman–Crippen LogP) is 3.53. The molecule has 0 unspecified atom stereocenters. The summed E-state index contributed by atoms with van der Waals surface area (Å²) in [5.41, 5.74) is 2.95. The van der Waals surface area contributed by atoms with Crippen molar-refractivity contribution in [2.24, 2.45) is 0 Å². The first-order valence-corrected chi connectivity index (χ1v) is 10.2. The smallest absolute Gasteiger partial charge is 0.266 e. The van der Waals surface area contributed by atoms with Crippen molar-refractivity contribution in [2.75, 3.05) is 16.2 Å². The number of sulfonamides is 1. The first-order valence-electron chi connectivity index (χ1n) is 8.73. The number of carbonyl (C=O) groups is 1. The largest absolute Gasteiger partial charge is 0.324 e. The molecule has 0 atom stereocenters. The molecule has 28 heavy (non-hydrogen) atoms. The summed E-state index contributed by atoms with van der Waals surface area (Å²) in [4.78, 5) is 16.6. The summed E-state index contributed by atoms with van der Waals surface area (Å²) in [6.45, 7) is 3.43. The molecule has 3 aromatic rings. The average Bonchev–Trinajstić information content (AvgIpc) is 2.69. The molecular weight excluding hydrogens is 374 g/mol. The molecule has 0 spiro atoms. The van der Waals surface area contributed by atoms with E-state index in [9.17, 15) is 13.2 Å². The summed E-state index contributed by atoms with van der Waals surface area (Å²) in [5, 5.41) is 2.78. The Bertz CT molecular complexity index is 1070. The van der Waals surface area contributed by atoms with Gasteiger partial charge in [0.05, 0.1) is 5.69 Å². The summed E-state index contributed by atoms with van der Waals surface area (Å²) < 4.78 is 27.5. The van der Waals surface area contributed by atoms with Crippen molar-refractivity contribution in [2.45, 2.75) is 18.7 Å². The van der Waals surface area contributed by atoms with E-state index >= 15 is 0 Å². The van der Waals surface area contributed by atoms with Crippen LogP contribution in [0.4, 0.5) is 11.4 Å². The highest BCUT2D eigenvalue weighted by Crippen LogP contribution is 2.24. The Labute approximate surface area is 164 Å². The maximum atomic E-state index is 13.2. The van der Waals surface area contributed by atoms with Crippen molar-refractivity contribution in [1.29, 1.82) is 0 Å². The zero-order chi connectivity index (χ0) is 20.1. The topological polar surface area (TPSA) is 79.4 Å². The van der Waals surface area contributed by atoms with Gasteiger partial charge >= 0.3 is 0 Å². The SMILES string of the molecule is Cc1ccc(N(CC(=O)Nc2ccccc2C)S(=O)(=O)c2cccnc2)cc1. The molecular formula is C21H21N3O3S. The van der Waals surface area contributed by atoms with Gasteiger partial charge in [0, 0.05) is 18.1 Å². The molecule has 144 valence electrons. The molecule has 0 aliphatic heterocycles. The van der Waals surface area contributed by atoms with Crippen molar-refractivity contribution in [3.05, 3.63) is 84.2 Å². The Balaban J connectivity index is 1.94. The summed E-state index contributed by atoms with van der Waals surface area (Å²) >= 11 is 0. The lowest BCUT2D eigenvalue weighted by Gasteiger charge is -2.24. The molecule has 0 bridgehead atoms. The maximum absolute atomic E-state index is 13.2. The molecule has 0 aliphatic rings. The Kier molecular flexibility index (Phi) is 5.75. The van der Waals surface area contributed by atoms with E-state index in [1.807, 2.05) is 32.0 Å². The quantitative estimate of drug-likeness (QED) is 0.692. The standard InChI is InChI=1S/C21H21N3O3S/c1-16-9-11-18(12-10-16)24(28(26,27)19-7-5-13-22-14-19)15-21(25)23-20-8-4-3-6-17(20)2/h3-14H,15H2,1-2H3,(H,23,25). The molecule has 1 aromatic heterocycles. The lowest BCUT2D eigenvalue weighted by molar-refractivity contribution is -0.114. The number of pyridine rings is 1. The van der Waals surface area contributed by atoms with Crippen LogP contribution in [0.25, 0.3) is 0 Å². The molecule has 7 heteroatoms. The first-order chi connectivity index (χ1) is 13.4. The summed E-state index contributed by atoms with van der Waals surface area (Å²) in [7, 11) is -3.95. The highest BCUT2D eigenvalue weighted by atomic mass is 32.2. The van der Waals surface area contributed by atoms with E-state index in [2.05, 4.69) is 10.3 Å². The van der Waals surface area contributed by atoms with E-state index < -0.39 is 15.9 Å². The number of carbonyl (C=O) groups excluding carboxylic acids is 1. The second-order valence-corrected chi connectivity index (χ2v) is 8.26. The Morgan fingerprint density at radius 3 is 2.36 bits per heavy atom. The van der Waals surface area contributed by atoms with Crippen LogP contribution in [0.2, 0.25) is 0 Å². The van der Waals surface area contributed by atoms with Crippen LogP contribution in [0.5, 0.6) is 0 Å². The van der Waals surface area contributed by atoms with Crippen molar-refractivity contribution < 1.29 is 13.2 Å². The predicted molar refractivity (Wildman–Crippen MR) is 110 cm³/mol. The van der Waals surface area contributed by atoms with Gasteiger partial charge in [-0.25, -0.2) is 8.42 Å². The Hall–Kier alpha value is -3.19. The van der Waals surface area contributed by atoms with Gasteiger partial charge in [-0.2, -0.15) is 0 Å². The monoisotopic (exact) mass is 395 g/mol. The van der Waals surface area contributed by atoms with Gasteiger partial charge in [0.1, 0.15) is 11.4 Å². The van der Waals surface area contributed by atoms with E-state index in [1.54, 1.807) is 36.4 Å². The lowest BCUT2D eigenvalue weighted by atomic mass is 10.2. The highest BCUT2D eigenvalue weighted by Gasteiger charge is 2.27. The molecule has 0 fully saturated rings. The number of hydrogen-bond donors (Lipinski definition) is 1. The normalized spacial score (nSPS) is 11.1. The van der Waals surface area contributed by atoms with Crippen LogP contribution in [0.3, 0.4) is 0 Å². The van der Waals surface area contributed by atoms with Crippen LogP contribution in [0.1, 0.15) is 11.1 Å². The average molecular weight is 395 g/mol. The first kappa shape index (κ1) is 19.6. The number of benzene rings is 2. The molecule has 2 aromatic carbocycles. The summed E-state index contributed by atoms with van der Waals surface area (Å²) in [6, 6.07) is 17.3. The number of amides is 1. The van der Waals surface area contributed by atoms with Crippen molar-refractivity contribution >= 4 is 27.3 Å². The van der Waals surface area contributed by atoms with Crippen LogP contribution in [0.15, 0.2) is 78.0 Å². The van der Waals surface area contributed by atoms with Gasteiger partial charge in [0.15, 0.2) is 0 Å². The van der Waals surface area contributed by atoms with Crippen LogP contribution in [-0.2, 0) is 14.8 Å². The van der Waals surface area contributed by atoms with Gasteiger partial charge in [0.2, 0.25) is 5.91 Å². The fourth-order valence-electron chi connectivity index (χ4n) is 2.69. The number of rotatable bonds is 6. The van der Waals surface area contributed by atoms with Gasteiger partial charge in [-0.3, -0.25) is 14.1 Å². The van der Waals surface area contributed by atoms with Crippen molar-refractivity contribution in [3.8, 4) is 0 Å². The molecule has 0 radical (unpaired) electrons. The molecule has 1 heterocycles. The molecule has 0 saturated carbocycles. The van der Waals surface area contributed by atoms with Crippen LogP contribution in [0, 0.1) is 13.8 Å². The molecule has 1 amide bonds. The maximum Gasteiger partial charge on any atom is 0.266 e. The van der Waals surface area contributed by atoms with Gasteiger partial charge < -0.3 is 5.32 Å². The minimum absolute atomic E-state index is 0.0271. The van der Waals surface area contributed by atoms with Gasteiger partial charge in [-0.1, -0.05) is 35.9 Å². The third-order valence-electron chi connectivity index (χ3n) is 4.25. The molecule has 6 nitrogen and oxygen atoms in total. The number of hydrogen-bond acceptors (Lipinski definition) is 4. The van der Waals surface area contributed by atoms with Crippen molar-refractivity contribution in [3.63, 3.8) is 0 Å². The van der Waals surface area contributed by atoms with E-state index in [4.69, 9.17) is 0 Å². The lowest BCUT2D eigenvalue weighted by Crippen LogP contribution is -2.38. The Morgan fingerprint density at radius 1 is 1.00 bits per heavy atom. The third-order valence-corrected chi connectivity index (χ3v) is 6.01. The molecule has 0 aliphatic carbocycles. The zero-order valence-electron chi connectivity index (χ0n) is 15.7. The number of anilines is 2. The molecule has 3 rings (SSSR count). The van der Waals surface area contributed by atoms with Crippen LogP contribution in [-0.4, -0.2) is 25.9 Å². The fourth-order valence-corrected chi connectivity index (χ4v) is 4.07. The summed E-state index contributed by atoms with van der Waals surface area (Å²) in [5.74, 6) is -0.428. The molecule has 0 saturated heterocycles. The second-order valence-electron chi connectivity index (χ2n) is 6.40. The van der Waals surface area contributed by atoms with E-state index in [0.29, 0.717) is 11.4 Å². The van der Waals surface area contributed by atoms with E-state index in [-0.39, 0.29) is 11.4 Å². The number of nitrogens with zero attached hydrogens (tertiary/aromatic N) is 2. The van der Waals surface area contributed by atoms with Gasteiger partial charge in [-0.15, -0.1) is 0 Å².